The number of carbonyl (C=O) groups is 1. The van der Waals surface area contributed by atoms with Crippen LogP contribution >= 0.6 is 11.6 Å². The molecule has 158 valence electrons. The van der Waals surface area contributed by atoms with Gasteiger partial charge in [0.1, 0.15) is 16.7 Å². The summed E-state index contributed by atoms with van der Waals surface area (Å²) in [5, 5.41) is 16.0. The Morgan fingerprint density at radius 1 is 1.32 bits per heavy atom. The molecule has 6 nitrogen and oxygen atoms in total. The van der Waals surface area contributed by atoms with Crippen molar-refractivity contribution in [2.45, 2.75) is 19.8 Å². The van der Waals surface area contributed by atoms with Crippen LogP contribution in [0.3, 0.4) is 0 Å². The number of aryl methyl sites for hydroxylation is 1. The molecule has 0 aliphatic rings. The first kappa shape index (κ1) is 22.1. The lowest BCUT2D eigenvalue weighted by Gasteiger charge is -2.07. The summed E-state index contributed by atoms with van der Waals surface area (Å²) in [7, 11) is 0. The molecule has 8 heteroatoms. The first-order valence-electron chi connectivity index (χ1n) is 9.58. The van der Waals surface area contributed by atoms with E-state index >= 15 is 0 Å². The molecule has 0 bridgehead atoms. The van der Waals surface area contributed by atoms with Gasteiger partial charge in [0.25, 0.3) is 0 Å². The smallest absolute Gasteiger partial charge is 0.248 e. The minimum absolute atomic E-state index is 0.320. The second-order valence-corrected chi connectivity index (χ2v) is 7.00. The van der Waals surface area contributed by atoms with E-state index in [1.807, 2.05) is 0 Å². The van der Waals surface area contributed by atoms with Gasteiger partial charge in [0.05, 0.1) is 24.1 Å². The highest BCUT2D eigenvalue weighted by atomic mass is 35.5. The van der Waals surface area contributed by atoms with E-state index < -0.39 is 0 Å². The zero-order valence-corrected chi connectivity index (χ0v) is 17.6. The predicted octanol–water partition coefficient (Wildman–Crippen LogP) is 5.31. The molecule has 0 atom stereocenters. The summed E-state index contributed by atoms with van der Waals surface area (Å²) in [4.78, 5) is 12.3. The van der Waals surface area contributed by atoms with Gasteiger partial charge in [-0.3, -0.25) is 4.79 Å². The van der Waals surface area contributed by atoms with Gasteiger partial charge in [-0.05, 0) is 55.8 Å². The molecule has 2 aromatic carbocycles. The van der Waals surface area contributed by atoms with E-state index in [0.717, 1.165) is 0 Å². The Morgan fingerprint density at radius 3 is 2.84 bits per heavy atom. The van der Waals surface area contributed by atoms with Gasteiger partial charge in [-0.25, -0.2) is 9.07 Å². The van der Waals surface area contributed by atoms with E-state index in [4.69, 9.17) is 21.6 Å². The van der Waals surface area contributed by atoms with Crippen LogP contribution in [0.5, 0.6) is 5.75 Å². The third-order valence-corrected chi connectivity index (χ3v) is 4.69. The van der Waals surface area contributed by atoms with E-state index in [9.17, 15) is 9.18 Å². The maximum Gasteiger partial charge on any atom is 0.248 e. The molecule has 1 aromatic heterocycles. The topological polar surface area (TPSA) is 79.9 Å². The molecule has 0 aliphatic heterocycles. The lowest BCUT2D eigenvalue weighted by Crippen LogP contribution is -2.08. The van der Waals surface area contributed by atoms with Crippen LogP contribution in [0.15, 0.2) is 54.6 Å². The Hall–Kier alpha value is -3.63. The molecule has 1 N–H and O–H groups in total. The van der Waals surface area contributed by atoms with Crippen LogP contribution < -0.4 is 10.1 Å². The Morgan fingerprint density at radius 2 is 2.10 bits per heavy atom. The number of rotatable bonds is 8. The molecule has 0 saturated heterocycles. The summed E-state index contributed by atoms with van der Waals surface area (Å²) < 4.78 is 20.2. The number of anilines is 1. The molecule has 0 fully saturated rings. The monoisotopic (exact) mass is 438 g/mol. The number of nitrogens with zero attached hydrogens (tertiary/aromatic N) is 3. The van der Waals surface area contributed by atoms with Crippen molar-refractivity contribution in [1.82, 2.24) is 9.78 Å². The zero-order valence-electron chi connectivity index (χ0n) is 16.8. The molecule has 1 heterocycles. The number of halogens is 2. The molecule has 1 amide bonds. The molecule has 0 aliphatic carbocycles. The van der Waals surface area contributed by atoms with Gasteiger partial charge < -0.3 is 10.1 Å². The molecular formula is C23H20ClFN4O2. The van der Waals surface area contributed by atoms with Crippen LogP contribution in [0.1, 0.15) is 24.1 Å². The average Bonchev–Trinajstić information content (AvgIpc) is 3.04. The summed E-state index contributed by atoms with van der Waals surface area (Å²) in [5.41, 5.74) is 2.42. The van der Waals surface area contributed by atoms with E-state index in [1.165, 1.54) is 22.9 Å². The van der Waals surface area contributed by atoms with Gasteiger partial charge >= 0.3 is 0 Å². The lowest BCUT2D eigenvalue weighted by molar-refractivity contribution is -0.111. The van der Waals surface area contributed by atoms with Crippen molar-refractivity contribution in [3.63, 3.8) is 0 Å². The van der Waals surface area contributed by atoms with Crippen molar-refractivity contribution in [3.05, 3.63) is 76.8 Å². The number of amides is 1. The maximum atomic E-state index is 13.2. The Kier molecular flexibility index (Phi) is 7.41. The van der Waals surface area contributed by atoms with Crippen molar-refractivity contribution in [3.8, 4) is 17.5 Å². The second kappa shape index (κ2) is 10.4. The number of nitriles is 1. The van der Waals surface area contributed by atoms with Gasteiger partial charge in [0.2, 0.25) is 5.91 Å². The number of hydrogen-bond acceptors (Lipinski definition) is 4. The molecule has 3 rings (SSSR count). The minimum Gasteiger partial charge on any atom is -0.493 e. The molecule has 3 aromatic rings. The van der Waals surface area contributed by atoms with E-state index in [1.54, 1.807) is 49.4 Å². The van der Waals surface area contributed by atoms with Gasteiger partial charge in [0, 0.05) is 29.8 Å². The molecule has 0 saturated carbocycles. The van der Waals surface area contributed by atoms with Crippen molar-refractivity contribution in [2.24, 2.45) is 0 Å². The van der Waals surface area contributed by atoms with Crippen LogP contribution in [0.2, 0.25) is 5.15 Å². The first-order valence-corrected chi connectivity index (χ1v) is 9.95. The fraction of sp³-hybridized carbons (Fsp3) is 0.174. The third-order valence-electron chi connectivity index (χ3n) is 4.32. The highest BCUT2D eigenvalue weighted by Gasteiger charge is 2.13. The number of nitrogens with one attached hydrogen (secondary N) is 1. The number of unbranched alkanes of at least 4 members (excludes halogenated alkanes) is 1. The molecular weight excluding hydrogens is 419 g/mol. The summed E-state index contributed by atoms with van der Waals surface area (Å²) in [6.45, 7) is 2.21. The van der Waals surface area contributed by atoms with E-state index in [2.05, 4.69) is 16.5 Å². The number of carbonyl (C=O) groups excluding carboxylic acids is 1. The zero-order chi connectivity index (χ0) is 22.2. The van der Waals surface area contributed by atoms with Crippen molar-refractivity contribution in [1.29, 1.82) is 5.26 Å². The predicted molar refractivity (Wildman–Crippen MR) is 118 cm³/mol. The number of benzene rings is 2. The highest BCUT2D eigenvalue weighted by molar-refractivity contribution is 6.31. The summed E-state index contributed by atoms with van der Waals surface area (Å²) in [6, 6.07) is 14.9. The van der Waals surface area contributed by atoms with Crippen LogP contribution in [0.4, 0.5) is 10.1 Å². The summed E-state index contributed by atoms with van der Waals surface area (Å²) in [6.07, 6.45) is 4.02. The average molecular weight is 439 g/mol. The van der Waals surface area contributed by atoms with Crippen molar-refractivity contribution in [2.75, 3.05) is 11.9 Å². The normalized spacial score (nSPS) is 10.8. The highest BCUT2D eigenvalue weighted by Crippen LogP contribution is 2.25. The fourth-order valence-electron chi connectivity index (χ4n) is 2.80. The van der Waals surface area contributed by atoms with Crippen molar-refractivity contribution < 1.29 is 13.9 Å². The van der Waals surface area contributed by atoms with Gasteiger partial charge in [-0.1, -0.05) is 17.7 Å². The summed E-state index contributed by atoms with van der Waals surface area (Å²) >= 11 is 6.43. The Labute approximate surface area is 184 Å². The Balaban J connectivity index is 1.67. The van der Waals surface area contributed by atoms with Gasteiger partial charge in [-0.15, -0.1) is 0 Å². The van der Waals surface area contributed by atoms with Crippen LogP contribution in [0, 0.1) is 24.1 Å². The first-order chi connectivity index (χ1) is 15.0. The van der Waals surface area contributed by atoms with E-state index in [0.29, 0.717) is 53.0 Å². The molecule has 0 unspecified atom stereocenters. The number of aromatic nitrogens is 2. The largest absolute Gasteiger partial charge is 0.493 e. The third kappa shape index (κ3) is 5.93. The van der Waals surface area contributed by atoms with Crippen LogP contribution in [0.25, 0.3) is 11.8 Å². The number of hydrogen-bond donors (Lipinski definition) is 1. The molecule has 0 spiro atoms. The summed E-state index contributed by atoms with van der Waals surface area (Å²) in [5.74, 6) is -0.0806. The fourth-order valence-corrected chi connectivity index (χ4v) is 3.14. The van der Waals surface area contributed by atoms with Crippen LogP contribution in [-0.4, -0.2) is 22.3 Å². The lowest BCUT2D eigenvalue weighted by atomic mass is 10.2. The van der Waals surface area contributed by atoms with Gasteiger partial charge in [-0.2, -0.15) is 10.4 Å². The molecule has 31 heavy (non-hydrogen) atoms. The van der Waals surface area contributed by atoms with Crippen LogP contribution in [-0.2, 0) is 4.79 Å². The SMILES string of the molecule is Cc1nn(-c2ccc(F)cc2)c(Cl)c1/C=C/C(=O)Nc1cccc(OCCCC#N)c1. The quantitative estimate of drug-likeness (QED) is 0.382. The van der Waals surface area contributed by atoms with E-state index in [-0.39, 0.29) is 11.7 Å². The molecule has 0 radical (unpaired) electrons. The van der Waals surface area contributed by atoms with Crippen molar-refractivity contribution >= 4 is 29.3 Å². The Bertz CT molecular complexity index is 1130. The standard InChI is InChI=1S/C23H20ClFN4O2/c1-16-21(23(24)29(28-16)19-9-7-17(25)8-10-19)11-12-22(30)27-18-5-4-6-20(15-18)31-14-3-2-13-26/h4-12,15H,2-3,14H2,1H3,(H,27,30)/b12-11+. The second-order valence-electron chi connectivity index (χ2n) is 6.64. The minimum atomic E-state index is -0.350. The number of ether oxygens (including phenoxy) is 1. The maximum absolute atomic E-state index is 13.2. The van der Waals surface area contributed by atoms with Gasteiger partial charge in [0.15, 0.2) is 0 Å².